The second-order valence-electron chi connectivity index (χ2n) is 10.4. The van der Waals surface area contributed by atoms with E-state index < -0.39 is 29.9 Å². The zero-order valence-electron chi connectivity index (χ0n) is 21.9. The number of allylic oxidation sites excluding steroid dienone is 1. The molecule has 1 aromatic carbocycles. The highest BCUT2D eigenvalue weighted by molar-refractivity contribution is 6.31. The van der Waals surface area contributed by atoms with Gasteiger partial charge >= 0.3 is 6.09 Å². The van der Waals surface area contributed by atoms with E-state index in [1.165, 1.54) is 7.05 Å². The number of ether oxygens (including phenoxy) is 2. The van der Waals surface area contributed by atoms with Gasteiger partial charge in [0, 0.05) is 43.2 Å². The lowest BCUT2D eigenvalue weighted by atomic mass is 9.91. The fourth-order valence-electron chi connectivity index (χ4n) is 4.73. The van der Waals surface area contributed by atoms with E-state index in [1.807, 2.05) is 6.92 Å². The summed E-state index contributed by atoms with van der Waals surface area (Å²) in [4.78, 5) is 29.3. The maximum atomic E-state index is 13.5. The summed E-state index contributed by atoms with van der Waals surface area (Å²) in [6.45, 7) is 7.46. The number of amides is 2. The molecule has 2 atom stereocenters. The van der Waals surface area contributed by atoms with Crippen LogP contribution >= 0.6 is 11.6 Å². The van der Waals surface area contributed by atoms with Crippen LogP contribution in [0.4, 0.5) is 13.6 Å². The predicted molar refractivity (Wildman–Crippen MR) is 136 cm³/mol. The zero-order valence-corrected chi connectivity index (χ0v) is 22.6. The molecule has 206 valence electrons. The normalized spacial score (nSPS) is 20.6. The fraction of sp³-hybridized carbons (Fsp3) is 0.600. The summed E-state index contributed by atoms with van der Waals surface area (Å²) in [5.41, 5.74) is 5.76. The number of benzene rings is 1. The molecule has 1 saturated heterocycles. The first-order valence-electron chi connectivity index (χ1n) is 12.2. The second-order valence-corrected chi connectivity index (χ2v) is 10.8. The third-order valence-electron chi connectivity index (χ3n) is 6.50. The Morgan fingerprint density at radius 3 is 2.51 bits per heavy atom. The number of likely N-dealkylation sites (tertiary alicyclic amines) is 1. The summed E-state index contributed by atoms with van der Waals surface area (Å²) in [6.07, 6.45) is -1.86. The van der Waals surface area contributed by atoms with Crippen LogP contribution in [0.2, 0.25) is 5.02 Å². The number of fused-ring (bicyclic) bond motifs is 1. The van der Waals surface area contributed by atoms with Crippen molar-refractivity contribution < 1.29 is 27.8 Å². The van der Waals surface area contributed by atoms with Gasteiger partial charge in [-0.25, -0.2) is 19.4 Å². The first-order chi connectivity index (χ1) is 17.2. The van der Waals surface area contributed by atoms with Gasteiger partial charge in [0.1, 0.15) is 23.7 Å². The number of rotatable bonds is 7. The van der Waals surface area contributed by atoms with E-state index in [0.717, 1.165) is 10.6 Å². The molecule has 1 fully saturated rings. The van der Waals surface area contributed by atoms with Crippen LogP contribution in [0.5, 0.6) is 5.75 Å². The standard InChI is InChI=1S/C25H36ClF2N5O4/c1-14-6-9-20(34)33(14)12-18-21-15(10-11-32(18)24(35)37-25(2,3)4)16(26)7-8-19(21)36-13-17(29)22(23(27)28)31(5)30/h7-8,14,18,23H,6,9-13,29-30H2,1-5H3/b22-17-/t14-,18+/m0/s1. The number of hydrazine groups is 1. The van der Waals surface area contributed by atoms with Crippen molar-refractivity contribution in [2.24, 2.45) is 11.6 Å². The summed E-state index contributed by atoms with van der Waals surface area (Å²) in [5, 5.41) is 1.24. The number of halogens is 3. The lowest BCUT2D eigenvalue weighted by molar-refractivity contribution is -0.129. The van der Waals surface area contributed by atoms with Crippen LogP contribution < -0.4 is 16.3 Å². The molecule has 0 unspecified atom stereocenters. The van der Waals surface area contributed by atoms with Gasteiger partial charge < -0.3 is 25.1 Å². The van der Waals surface area contributed by atoms with Crippen LogP contribution in [-0.2, 0) is 16.0 Å². The molecular formula is C25H36ClF2N5O4. The molecule has 0 bridgehead atoms. The monoisotopic (exact) mass is 543 g/mol. The Kier molecular flexibility index (Phi) is 8.79. The summed E-state index contributed by atoms with van der Waals surface area (Å²) >= 11 is 6.56. The van der Waals surface area contributed by atoms with Crippen molar-refractivity contribution in [2.75, 3.05) is 26.7 Å². The average Bonchev–Trinajstić information content (AvgIpc) is 3.09. The number of carbonyl (C=O) groups is 2. The maximum Gasteiger partial charge on any atom is 0.410 e. The predicted octanol–water partition coefficient (Wildman–Crippen LogP) is 3.80. The van der Waals surface area contributed by atoms with Gasteiger partial charge in [0.2, 0.25) is 5.91 Å². The molecule has 0 radical (unpaired) electrons. The Morgan fingerprint density at radius 2 is 1.97 bits per heavy atom. The van der Waals surface area contributed by atoms with Gasteiger partial charge in [-0.15, -0.1) is 0 Å². The van der Waals surface area contributed by atoms with Crippen molar-refractivity contribution in [3.05, 3.63) is 39.7 Å². The van der Waals surface area contributed by atoms with Crippen LogP contribution in [0.15, 0.2) is 23.5 Å². The van der Waals surface area contributed by atoms with E-state index in [1.54, 1.807) is 42.7 Å². The number of carbonyl (C=O) groups excluding carboxylic acids is 2. The minimum absolute atomic E-state index is 0.00538. The molecule has 2 heterocycles. The van der Waals surface area contributed by atoms with E-state index in [4.69, 9.17) is 32.7 Å². The van der Waals surface area contributed by atoms with Crippen molar-refractivity contribution in [1.82, 2.24) is 14.8 Å². The third kappa shape index (κ3) is 6.56. The molecule has 9 nitrogen and oxygen atoms in total. The summed E-state index contributed by atoms with van der Waals surface area (Å²) in [6, 6.07) is 2.63. The molecule has 2 amide bonds. The molecule has 12 heteroatoms. The van der Waals surface area contributed by atoms with Gasteiger partial charge in [-0.1, -0.05) is 11.6 Å². The highest BCUT2D eigenvalue weighted by Gasteiger charge is 2.40. The fourth-order valence-corrected chi connectivity index (χ4v) is 4.99. The van der Waals surface area contributed by atoms with Crippen molar-refractivity contribution in [1.29, 1.82) is 0 Å². The first kappa shape index (κ1) is 28.8. The summed E-state index contributed by atoms with van der Waals surface area (Å²) in [7, 11) is 1.27. The molecule has 0 aromatic heterocycles. The quantitative estimate of drug-likeness (QED) is 0.397. The van der Waals surface area contributed by atoms with Crippen LogP contribution in [-0.4, -0.2) is 71.6 Å². The van der Waals surface area contributed by atoms with Crippen molar-refractivity contribution in [3.63, 3.8) is 0 Å². The average molecular weight is 544 g/mol. The van der Waals surface area contributed by atoms with E-state index in [-0.39, 0.29) is 30.8 Å². The van der Waals surface area contributed by atoms with E-state index in [2.05, 4.69) is 0 Å². The molecular weight excluding hydrogens is 508 g/mol. The molecule has 0 saturated carbocycles. The first-order valence-corrected chi connectivity index (χ1v) is 12.6. The Hall–Kier alpha value is -2.79. The summed E-state index contributed by atoms with van der Waals surface area (Å²) < 4.78 is 38.5. The van der Waals surface area contributed by atoms with Gasteiger partial charge in [0.05, 0.1) is 11.7 Å². The number of alkyl halides is 2. The van der Waals surface area contributed by atoms with E-state index in [0.29, 0.717) is 42.1 Å². The topological polar surface area (TPSA) is 114 Å². The largest absolute Gasteiger partial charge is 0.487 e. The molecule has 4 N–H and O–H groups in total. The smallest absolute Gasteiger partial charge is 0.410 e. The van der Waals surface area contributed by atoms with Crippen molar-refractivity contribution >= 4 is 23.6 Å². The van der Waals surface area contributed by atoms with Gasteiger partial charge in [-0.3, -0.25) is 9.69 Å². The lowest BCUT2D eigenvalue weighted by Gasteiger charge is -2.41. The van der Waals surface area contributed by atoms with Gasteiger partial charge in [0.25, 0.3) is 6.43 Å². The highest BCUT2D eigenvalue weighted by atomic mass is 35.5. The SMILES string of the molecule is C[C@H]1CCC(=O)N1C[C@@H]1c2c(OC/C(N)=C(\C(F)F)N(C)N)ccc(Cl)c2CCN1C(=O)OC(C)(C)C. The van der Waals surface area contributed by atoms with Crippen molar-refractivity contribution in [2.45, 2.75) is 71.1 Å². The van der Waals surface area contributed by atoms with Crippen LogP contribution in [0.1, 0.15) is 57.7 Å². The van der Waals surface area contributed by atoms with Crippen LogP contribution in [0.25, 0.3) is 0 Å². The van der Waals surface area contributed by atoms with Crippen molar-refractivity contribution in [3.8, 4) is 5.75 Å². The Labute approximate surface area is 221 Å². The van der Waals surface area contributed by atoms with E-state index >= 15 is 0 Å². The molecule has 3 rings (SSSR count). The number of hydrogen-bond donors (Lipinski definition) is 2. The molecule has 1 aromatic rings. The molecule has 2 aliphatic heterocycles. The lowest BCUT2D eigenvalue weighted by Crippen LogP contribution is -2.48. The Bertz CT molecular complexity index is 1050. The summed E-state index contributed by atoms with van der Waals surface area (Å²) in [5.74, 6) is 5.85. The minimum Gasteiger partial charge on any atom is -0.487 e. The number of nitrogens with zero attached hydrogens (tertiary/aromatic N) is 3. The Morgan fingerprint density at radius 1 is 1.30 bits per heavy atom. The van der Waals surface area contributed by atoms with Gasteiger partial charge in [0.15, 0.2) is 0 Å². The molecule has 0 aliphatic carbocycles. The third-order valence-corrected chi connectivity index (χ3v) is 6.85. The van der Waals surface area contributed by atoms with Gasteiger partial charge in [-0.05, 0) is 58.2 Å². The van der Waals surface area contributed by atoms with Gasteiger partial charge in [-0.2, -0.15) is 0 Å². The number of nitrogens with two attached hydrogens (primary N) is 2. The van der Waals surface area contributed by atoms with Crippen LogP contribution in [0, 0.1) is 0 Å². The Balaban J connectivity index is 2.05. The van der Waals surface area contributed by atoms with E-state index in [9.17, 15) is 18.4 Å². The maximum absolute atomic E-state index is 13.5. The zero-order chi connectivity index (χ0) is 27.7. The molecule has 0 spiro atoms. The molecule has 2 aliphatic rings. The second kappa shape index (κ2) is 11.3. The molecule has 37 heavy (non-hydrogen) atoms. The van der Waals surface area contributed by atoms with Crippen LogP contribution in [0.3, 0.4) is 0 Å². The highest BCUT2D eigenvalue weighted by Crippen LogP contribution is 2.42. The number of hydrogen-bond acceptors (Lipinski definition) is 7. The minimum atomic E-state index is -2.89.